The van der Waals surface area contributed by atoms with E-state index in [9.17, 15) is 9.59 Å². The van der Waals surface area contributed by atoms with E-state index in [4.69, 9.17) is 14.0 Å². The summed E-state index contributed by atoms with van der Waals surface area (Å²) in [5.74, 6) is 0.437. The van der Waals surface area contributed by atoms with Gasteiger partial charge in [-0.05, 0) is 42.3 Å². The number of nitrogens with one attached hydrogen (secondary N) is 2. The van der Waals surface area contributed by atoms with E-state index in [1.54, 1.807) is 13.1 Å². The van der Waals surface area contributed by atoms with Gasteiger partial charge in [0.15, 0.2) is 5.76 Å². The fraction of sp³-hybridized carbons (Fsp3) is 0.111. The van der Waals surface area contributed by atoms with Crippen molar-refractivity contribution in [2.24, 2.45) is 0 Å². The van der Waals surface area contributed by atoms with Crippen LogP contribution in [-0.2, 0) is 9.53 Å². The van der Waals surface area contributed by atoms with Crippen LogP contribution in [0.1, 0.15) is 24.3 Å². The van der Waals surface area contributed by atoms with Crippen LogP contribution in [0.4, 0.5) is 10.5 Å². The summed E-state index contributed by atoms with van der Waals surface area (Å²) >= 11 is 0. The van der Waals surface area contributed by atoms with E-state index in [1.165, 1.54) is 0 Å². The van der Waals surface area contributed by atoms with Crippen LogP contribution in [0.5, 0.6) is 6.01 Å². The number of aryl methyl sites for hydroxylation is 1. The van der Waals surface area contributed by atoms with Crippen LogP contribution in [0.25, 0.3) is 33.4 Å². The highest BCUT2D eigenvalue weighted by Gasteiger charge is 2.20. The molecule has 0 fully saturated rings. The lowest BCUT2D eigenvalue weighted by Gasteiger charge is -2.14. The Bertz CT molecular complexity index is 1540. The van der Waals surface area contributed by atoms with E-state index < -0.39 is 12.2 Å². The lowest BCUT2D eigenvalue weighted by Crippen LogP contribution is -2.16. The number of aromatic nitrogens is 3. The summed E-state index contributed by atoms with van der Waals surface area (Å²) in [5.41, 5.74) is 4.25. The van der Waals surface area contributed by atoms with Crippen molar-refractivity contribution in [3.05, 3.63) is 84.2 Å². The highest BCUT2D eigenvalue weighted by Crippen LogP contribution is 2.34. The predicted molar refractivity (Wildman–Crippen MR) is 133 cm³/mol. The third-order valence-electron chi connectivity index (χ3n) is 5.77. The Hall–Kier alpha value is -4.92. The van der Waals surface area contributed by atoms with Gasteiger partial charge < -0.3 is 19.0 Å². The van der Waals surface area contributed by atoms with Crippen LogP contribution in [0.2, 0.25) is 0 Å². The summed E-state index contributed by atoms with van der Waals surface area (Å²) in [6, 6.07) is 21.3. The molecule has 5 aromatic rings. The molecule has 1 amide bonds. The molecule has 2 N–H and O–H groups in total. The zero-order chi connectivity index (χ0) is 25.1. The van der Waals surface area contributed by atoms with Crippen molar-refractivity contribution in [3.63, 3.8) is 0 Å². The van der Waals surface area contributed by atoms with Gasteiger partial charge in [0.25, 0.3) is 0 Å². The molecule has 2 aromatic heterocycles. The Morgan fingerprint density at radius 3 is 2.53 bits per heavy atom. The van der Waals surface area contributed by atoms with Crippen LogP contribution in [0, 0.1) is 6.92 Å². The molecule has 180 valence electrons. The van der Waals surface area contributed by atoms with E-state index in [0.717, 1.165) is 33.2 Å². The number of hydrogen-bond donors (Lipinski definition) is 2. The minimum absolute atomic E-state index is 0.132. The largest absolute Gasteiger partial charge is 0.441 e. The Morgan fingerprint density at radius 2 is 1.78 bits per heavy atom. The van der Waals surface area contributed by atoms with Crippen LogP contribution < -0.4 is 10.1 Å². The number of imidazole rings is 1. The number of anilines is 1. The third-order valence-corrected chi connectivity index (χ3v) is 5.77. The molecule has 3 aromatic carbocycles. The van der Waals surface area contributed by atoms with Crippen molar-refractivity contribution in [3.8, 4) is 28.6 Å². The van der Waals surface area contributed by atoms with Gasteiger partial charge in [-0.1, -0.05) is 59.8 Å². The Labute approximate surface area is 206 Å². The lowest BCUT2D eigenvalue weighted by atomic mass is 10.0. The van der Waals surface area contributed by atoms with Crippen molar-refractivity contribution in [2.75, 3.05) is 5.32 Å². The first-order valence-electron chi connectivity index (χ1n) is 11.2. The van der Waals surface area contributed by atoms with Gasteiger partial charge in [0.2, 0.25) is 0 Å². The smallest absolute Gasteiger partial charge is 0.412 e. The molecule has 0 aliphatic carbocycles. The number of H-pyrrole nitrogens is 1. The van der Waals surface area contributed by atoms with Crippen LogP contribution >= 0.6 is 0 Å². The highest BCUT2D eigenvalue weighted by molar-refractivity contribution is 5.94. The van der Waals surface area contributed by atoms with Crippen molar-refractivity contribution >= 4 is 29.0 Å². The maximum Gasteiger partial charge on any atom is 0.412 e. The van der Waals surface area contributed by atoms with Gasteiger partial charge in [0.1, 0.15) is 17.5 Å². The highest BCUT2D eigenvalue weighted by atomic mass is 16.6. The van der Waals surface area contributed by atoms with Crippen molar-refractivity contribution < 1.29 is 23.6 Å². The average molecular weight is 482 g/mol. The van der Waals surface area contributed by atoms with Gasteiger partial charge in [0, 0.05) is 11.1 Å². The summed E-state index contributed by atoms with van der Waals surface area (Å²) < 4.78 is 15.8. The van der Waals surface area contributed by atoms with Gasteiger partial charge in [-0.25, -0.2) is 9.78 Å². The van der Waals surface area contributed by atoms with Crippen molar-refractivity contribution in [2.45, 2.75) is 20.0 Å². The summed E-state index contributed by atoms with van der Waals surface area (Å²) in [6.07, 6.45) is 0.587. The summed E-state index contributed by atoms with van der Waals surface area (Å²) in [4.78, 5) is 30.1. The minimum atomic E-state index is -0.596. The molecule has 36 heavy (non-hydrogen) atoms. The van der Waals surface area contributed by atoms with Gasteiger partial charge in [-0.15, -0.1) is 0 Å². The first kappa shape index (κ1) is 22.9. The molecule has 2 heterocycles. The normalized spacial score (nSPS) is 11.7. The number of benzene rings is 3. The Kier molecular flexibility index (Phi) is 6.19. The Balaban J connectivity index is 1.37. The van der Waals surface area contributed by atoms with E-state index >= 15 is 0 Å². The van der Waals surface area contributed by atoms with Crippen molar-refractivity contribution in [1.29, 1.82) is 0 Å². The quantitative estimate of drug-likeness (QED) is 0.271. The fourth-order valence-electron chi connectivity index (χ4n) is 3.91. The third kappa shape index (κ3) is 4.67. The number of fused-ring (bicyclic) bond motifs is 1. The molecule has 0 saturated carbocycles. The van der Waals surface area contributed by atoms with Crippen LogP contribution in [0.15, 0.2) is 77.4 Å². The number of rotatable bonds is 7. The molecule has 1 unspecified atom stereocenters. The number of hydrogen-bond acceptors (Lipinski definition) is 7. The average Bonchev–Trinajstić information content (AvgIpc) is 3.51. The van der Waals surface area contributed by atoms with E-state index in [0.29, 0.717) is 23.6 Å². The maximum absolute atomic E-state index is 12.6. The second-order valence-corrected chi connectivity index (χ2v) is 8.15. The molecule has 0 bridgehead atoms. The number of aromatic amines is 1. The van der Waals surface area contributed by atoms with E-state index in [1.807, 2.05) is 73.7 Å². The standard InChI is InChI=1S/C27H22N4O5/c1-16-24(30-27(33)35-17(2)18-6-4-3-5-7-18)25(36-31-16)22-11-9-19-12-21(10-8-20(19)13-22)23-14-28-26(29-23)34-15-32/h3-15,17H,1-2H3,(H,28,29)(H,30,33). The zero-order valence-corrected chi connectivity index (χ0v) is 19.5. The van der Waals surface area contributed by atoms with Gasteiger partial charge >= 0.3 is 18.6 Å². The number of carbonyl (C=O) groups is 2. The second kappa shape index (κ2) is 9.75. The number of amides is 1. The topological polar surface area (TPSA) is 119 Å². The lowest BCUT2D eigenvalue weighted by molar-refractivity contribution is -0.121. The zero-order valence-electron chi connectivity index (χ0n) is 19.5. The van der Waals surface area contributed by atoms with Gasteiger partial charge in [-0.2, -0.15) is 0 Å². The predicted octanol–water partition coefficient (Wildman–Crippen LogP) is 6.04. The number of carbonyl (C=O) groups excluding carboxylic acids is 2. The van der Waals surface area contributed by atoms with Crippen molar-refractivity contribution in [1.82, 2.24) is 15.1 Å². The molecule has 5 rings (SSSR count). The molecule has 0 radical (unpaired) electrons. The van der Waals surface area contributed by atoms with E-state index in [-0.39, 0.29) is 6.01 Å². The van der Waals surface area contributed by atoms with Crippen LogP contribution in [-0.4, -0.2) is 27.7 Å². The monoisotopic (exact) mass is 482 g/mol. The molecular formula is C27H22N4O5. The summed E-state index contributed by atoms with van der Waals surface area (Å²) in [5, 5.41) is 8.76. The molecule has 0 saturated heterocycles. The molecule has 9 heteroatoms. The molecule has 0 aliphatic rings. The molecular weight excluding hydrogens is 460 g/mol. The maximum atomic E-state index is 12.6. The van der Waals surface area contributed by atoms with Gasteiger partial charge in [-0.3, -0.25) is 10.1 Å². The number of ether oxygens (including phenoxy) is 2. The molecule has 0 spiro atoms. The fourth-order valence-corrected chi connectivity index (χ4v) is 3.91. The Morgan fingerprint density at radius 1 is 1.06 bits per heavy atom. The molecule has 1 atom stereocenters. The van der Waals surface area contributed by atoms with E-state index in [2.05, 4.69) is 20.4 Å². The SMILES string of the molecule is Cc1noc(-c2ccc3cc(-c4cnc(OC=O)[nH]4)ccc3c2)c1NC(=O)OC(C)c1ccccc1. The second-order valence-electron chi connectivity index (χ2n) is 8.15. The van der Waals surface area contributed by atoms with Gasteiger partial charge in [0.05, 0.1) is 11.9 Å². The molecule has 0 aliphatic heterocycles. The first-order valence-corrected chi connectivity index (χ1v) is 11.2. The minimum Gasteiger partial charge on any atom is -0.441 e. The summed E-state index contributed by atoms with van der Waals surface area (Å²) in [6.45, 7) is 3.89. The van der Waals surface area contributed by atoms with Crippen LogP contribution in [0.3, 0.4) is 0 Å². The molecule has 9 nitrogen and oxygen atoms in total. The first-order chi connectivity index (χ1) is 17.5. The number of nitrogens with zero attached hydrogens (tertiary/aromatic N) is 2. The summed E-state index contributed by atoms with van der Waals surface area (Å²) in [7, 11) is 0.